The van der Waals surface area contributed by atoms with Gasteiger partial charge in [0.2, 0.25) is 11.7 Å². The fourth-order valence-corrected chi connectivity index (χ4v) is 2.30. The lowest BCUT2D eigenvalue weighted by molar-refractivity contribution is -0.116. The molecule has 7 heteroatoms. The summed E-state index contributed by atoms with van der Waals surface area (Å²) < 4.78 is 15.9. The first kappa shape index (κ1) is 17.9. The smallest absolute Gasteiger partial charge is 0.225 e. The first-order valence-electron chi connectivity index (χ1n) is 7.27. The topological polar surface area (TPSA) is 69.7 Å². The summed E-state index contributed by atoms with van der Waals surface area (Å²) in [6.45, 7) is 0. The van der Waals surface area contributed by atoms with E-state index in [0.717, 1.165) is 5.56 Å². The van der Waals surface area contributed by atoms with Crippen LogP contribution < -0.4 is 19.5 Å². The van der Waals surface area contributed by atoms with Crippen LogP contribution in [0.5, 0.6) is 17.2 Å². The van der Waals surface area contributed by atoms with E-state index in [1.165, 1.54) is 6.20 Å². The average Bonchev–Trinajstić information content (AvgIpc) is 2.60. The lowest BCUT2D eigenvalue weighted by Gasteiger charge is -2.14. The number of carbonyl (C=O) groups excluding carboxylic acids is 1. The molecule has 6 nitrogen and oxygen atoms in total. The highest BCUT2D eigenvalue weighted by Crippen LogP contribution is 2.38. The summed E-state index contributed by atoms with van der Waals surface area (Å²) in [6.07, 6.45) is 2.30. The van der Waals surface area contributed by atoms with E-state index in [2.05, 4.69) is 10.3 Å². The number of nitrogens with zero attached hydrogens (tertiary/aromatic N) is 1. The molecule has 24 heavy (non-hydrogen) atoms. The number of amides is 1. The second kappa shape index (κ2) is 8.40. The van der Waals surface area contributed by atoms with Gasteiger partial charge in [0.05, 0.1) is 26.4 Å². The van der Waals surface area contributed by atoms with Crippen molar-refractivity contribution in [2.45, 2.75) is 12.8 Å². The number of halogens is 1. The Morgan fingerprint density at radius 2 is 1.79 bits per heavy atom. The van der Waals surface area contributed by atoms with Gasteiger partial charge in [0.15, 0.2) is 11.5 Å². The fourth-order valence-electron chi connectivity index (χ4n) is 2.19. The van der Waals surface area contributed by atoms with Crippen molar-refractivity contribution in [3.63, 3.8) is 0 Å². The fraction of sp³-hybridized carbons (Fsp3) is 0.294. The minimum atomic E-state index is -0.140. The standard InChI is InChI=1S/C17H19ClN2O4/c1-22-13-8-11(9-14(23-2)17(13)24-3)4-7-16(21)20-15-6-5-12(18)10-19-15/h5-6,8-10H,4,7H2,1-3H3,(H,19,20,21). The normalized spacial score (nSPS) is 10.2. The summed E-state index contributed by atoms with van der Waals surface area (Å²) in [4.78, 5) is 16.1. The number of pyridine rings is 1. The number of hydrogen-bond donors (Lipinski definition) is 1. The van der Waals surface area contributed by atoms with Crippen LogP contribution >= 0.6 is 11.6 Å². The van der Waals surface area contributed by atoms with E-state index < -0.39 is 0 Å². The minimum Gasteiger partial charge on any atom is -0.493 e. The Morgan fingerprint density at radius 3 is 2.29 bits per heavy atom. The highest BCUT2D eigenvalue weighted by molar-refractivity contribution is 6.30. The Hall–Kier alpha value is -2.47. The molecular formula is C17H19ClN2O4. The van der Waals surface area contributed by atoms with Gasteiger partial charge in [-0.2, -0.15) is 0 Å². The molecule has 0 aliphatic rings. The third-order valence-corrected chi connectivity index (χ3v) is 3.58. The number of anilines is 1. The van der Waals surface area contributed by atoms with E-state index in [9.17, 15) is 4.79 Å². The van der Waals surface area contributed by atoms with Crippen molar-refractivity contribution in [2.24, 2.45) is 0 Å². The maximum atomic E-state index is 12.0. The lowest BCUT2D eigenvalue weighted by atomic mass is 10.1. The molecule has 1 heterocycles. The molecule has 2 aromatic rings. The monoisotopic (exact) mass is 350 g/mol. The van der Waals surface area contributed by atoms with E-state index in [-0.39, 0.29) is 5.91 Å². The predicted molar refractivity (Wildman–Crippen MR) is 92.3 cm³/mol. The molecule has 1 aromatic heterocycles. The second-order valence-electron chi connectivity index (χ2n) is 4.94. The zero-order valence-corrected chi connectivity index (χ0v) is 14.5. The van der Waals surface area contributed by atoms with Gasteiger partial charge in [-0.1, -0.05) is 11.6 Å². The van der Waals surface area contributed by atoms with Crippen LogP contribution in [0.25, 0.3) is 0 Å². The molecule has 0 fully saturated rings. The van der Waals surface area contributed by atoms with Gasteiger partial charge in [0, 0.05) is 12.6 Å². The lowest BCUT2D eigenvalue weighted by Crippen LogP contribution is -2.13. The Kier molecular flexibility index (Phi) is 6.26. The molecule has 1 amide bonds. The molecule has 0 saturated heterocycles. The molecule has 1 aromatic carbocycles. The summed E-state index contributed by atoms with van der Waals surface area (Å²) in [5.41, 5.74) is 0.906. The van der Waals surface area contributed by atoms with E-state index in [0.29, 0.717) is 40.9 Å². The van der Waals surface area contributed by atoms with Gasteiger partial charge >= 0.3 is 0 Å². The van der Waals surface area contributed by atoms with Crippen LogP contribution in [0, 0.1) is 0 Å². The number of benzene rings is 1. The van der Waals surface area contributed by atoms with Crippen LogP contribution in [0.4, 0.5) is 5.82 Å². The summed E-state index contributed by atoms with van der Waals surface area (Å²) in [6, 6.07) is 6.98. The Balaban J connectivity index is 2.03. The van der Waals surface area contributed by atoms with Crippen LogP contribution in [-0.4, -0.2) is 32.2 Å². The van der Waals surface area contributed by atoms with Crippen molar-refractivity contribution in [1.29, 1.82) is 0 Å². The summed E-state index contributed by atoms with van der Waals surface area (Å²) in [7, 11) is 4.66. The minimum absolute atomic E-state index is 0.140. The van der Waals surface area contributed by atoms with Crippen molar-refractivity contribution in [3.8, 4) is 17.2 Å². The third-order valence-electron chi connectivity index (χ3n) is 3.36. The Labute approximate surface area is 145 Å². The number of methoxy groups -OCH3 is 3. The zero-order valence-electron chi connectivity index (χ0n) is 13.8. The van der Waals surface area contributed by atoms with Gasteiger partial charge < -0.3 is 19.5 Å². The molecule has 128 valence electrons. The van der Waals surface area contributed by atoms with Crippen molar-refractivity contribution in [2.75, 3.05) is 26.6 Å². The first-order valence-corrected chi connectivity index (χ1v) is 7.65. The number of ether oxygens (including phenoxy) is 3. The SMILES string of the molecule is COc1cc(CCC(=O)Nc2ccc(Cl)cn2)cc(OC)c1OC. The maximum absolute atomic E-state index is 12.0. The van der Waals surface area contributed by atoms with Gasteiger partial charge in [-0.3, -0.25) is 4.79 Å². The highest BCUT2D eigenvalue weighted by Gasteiger charge is 2.14. The van der Waals surface area contributed by atoms with E-state index in [4.69, 9.17) is 25.8 Å². The van der Waals surface area contributed by atoms with Crippen molar-refractivity contribution in [3.05, 3.63) is 41.0 Å². The first-order chi connectivity index (χ1) is 11.6. The molecule has 0 unspecified atom stereocenters. The number of rotatable bonds is 7. The molecule has 0 radical (unpaired) electrons. The summed E-state index contributed by atoms with van der Waals surface area (Å²) in [5, 5.41) is 3.24. The zero-order chi connectivity index (χ0) is 17.5. The van der Waals surface area contributed by atoms with Crippen molar-refractivity contribution < 1.29 is 19.0 Å². The molecule has 0 aliphatic carbocycles. The Morgan fingerprint density at radius 1 is 1.12 bits per heavy atom. The average molecular weight is 351 g/mol. The quantitative estimate of drug-likeness (QED) is 0.829. The molecule has 0 spiro atoms. The van der Waals surface area contributed by atoms with Gasteiger partial charge in [-0.05, 0) is 36.2 Å². The van der Waals surface area contributed by atoms with Crippen LogP contribution in [0.3, 0.4) is 0 Å². The number of hydrogen-bond acceptors (Lipinski definition) is 5. The largest absolute Gasteiger partial charge is 0.493 e. The van der Waals surface area contributed by atoms with Crippen LogP contribution in [0.1, 0.15) is 12.0 Å². The van der Waals surface area contributed by atoms with Gasteiger partial charge in [0.1, 0.15) is 5.82 Å². The summed E-state index contributed by atoms with van der Waals surface area (Å²) in [5.74, 6) is 1.98. The van der Waals surface area contributed by atoms with Crippen LogP contribution in [0.15, 0.2) is 30.5 Å². The number of aryl methyl sites for hydroxylation is 1. The third kappa shape index (κ3) is 4.52. The molecule has 0 saturated carbocycles. The number of nitrogens with one attached hydrogen (secondary N) is 1. The second-order valence-corrected chi connectivity index (χ2v) is 5.38. The van der Waals surface area contributed by atoms with Crippen LogP contribution in [0.2, 0.25) is 5.02 Å². The number of aromatic nitrogens is 1. The number of carbonyl (C=O) groups is 1. The predicted octanol–water partition coefficient (Wildman–Crippen LogP) is 3.33. The maximum Gasteiger partial charge on any atom is 0.225 e. The molecule has 0 bridgehead atoms. The highest BCUT2D eigenvalue weighted by atomic mass is 35.5. The van der Waals surface area contributed by atoms with E-state index >= 15 is 0 Å². The van der Waals surface area contributed by atoms with E-state index in [1.807, 2.05) is 12.1 Å². The van der Waals surface area contributed by atoms with Crippen molar-refractivity contribution >= 4 is 23.3 Å². The van der Waals surface area contributed by atoms with Gasteiger partial charge in [0.25, 0.3) is 0 Å². The summed E-state index contributed by atoms with van der Waals surface area (Å²) >= 11 is 5.76. The molecular weight excluding hydrogens is 332 g/mol. The molecule has 1 N–H and O–H groups in total. The molecule has 0 aliphatic heterocycles. The van der Waals surface area contributed by atoms with Gasteiger partial charge in [-0.15, -0.1) is 0 Å². The van der Waals surface area contributed by atoms with E-state index in [1.54, 1.807) is 33.5 Å². The van der Waals surface area contributed by atoms with Crippen molar-refractivity contribution in [1.82, 2.24) is 4.98 Å². The molecule has 0 atom stereocenters. The Bertz CT molecular complexity index is 679. The molecule has 2 rings (SSSR count). The van der Waals surface area contributed by atoms with Gasteiger partial charge in [-0.25, -0.2) is 4.98 Å². The van der Waals surface area contributed by atoms with Crippen LogP contribution in [-0.2, 0) is 11.2 Å².